The molecule has 0 saturated heterocycles. The minimum Gasteiger partial charge on any atom is -0.479 e. The molecule has 1 aromatic heterocycles. The van der Waals surface area contributed by atoms with Crippen LogP contribution in [-0.4, -0.2) is 41.6 Å². The number of rotatable bonds is 6. The smallest absolute Gasteiger partial charge is 0.332 e. The van der Waals surface area contributed by atoms with E-state index < -0.39 is 12.1 Å². The highest BCUT2D eigenvalue weighted by Crippen LogP contribution is 2.22. The standard InChI is InChI=1S/C11H14ClNO4S/c1-7(11(15)16)17-6-10(14)13(2)5-8-3-4-9(12)18-8/h3-4,7H,5-6H2,1-2H3,(H,15,16). The highest BCUT2D eigenvalue weighted by atomic mass is 35.5. The van der Waals surface area contributed by atoms with Crippen LogP contribution in [0, 0.1) is 0 Å². The first-order valence-electron chi connectivity index (χ1n) is 5.22. The predicted octanol–water partition coefficient (Wildman–Crippen LogP) is 1.85. The lowest BCUT2D eigenvalue weighted by atomic mass is 10.4. The van der Waals surface area contributed by atoms with Gasteiger partial charge >= 0.3 is 5.97 Å². The summed E-state index contributed by atoms with van der Waals surface area (Å²) >= 11 is 7.19. The van der Waals surface area contributed by atoms with Gasteiger partial charge in [0.15, 0.2) is 6.10 Å². The Morgan fingerprint density at radius 3 is 2.72 bits per heavy atom. The molecule has 0 saturated carbocycles. The molecule has 1 aromatic rings. The Labute approximate surface area is 114 Å². The molecule has 0 aliphatic heterocycles. The van der Waals surface area contributed by atoms with E-state index in [9.17, 15) is 9.59 Å². The van der Waals surface area contributed by atoms with E-state index in [4.69, 9.17) is 21.4 Å². The van der Waals surface area contributed by atoms with Gasteiger partial charge in [0.1, 0.15) is 6.61 Å². The van der Waals surface area contributed by atoms with Crippen LogP contribution >= 0.6 is 22.9 Å². The quantitative estimate of drug-likeness (QED) is 0.868. The first kappa shape index (κ1) is 14.9. The van der Waals surface area contributed by atoms with E-state index in [2.05, 4.69) is 0 Å². The van der Waals surface area contributed by atoms with Gasteiger partial charge < -0.3 is 14.7 Å². The maximum Gasteiger partial charge on any atom is 0.332 e. The Morgan fingerprint density at radius 1 is 1.56 bits per heavy atom. The Hall–Kier alpha value is -1.11. The Kier molecular flexibility index (Phi) is 5.58. The van der Waals surface area contributed by atoms with Crippen molar-refractivity contribution in [2.45, 2.75) is 19.6 Å². The summed E-state index contributed by atoms with van der Waals surface area (Å²) in [6.45, 7) is 1.57. The van der Waals surface area contributed by atoms with Crippen molar-refractivity contribution >= 4 is 34.8 Å². The van der Waals surface area contributed by atoms with Crippen LogP contribution in [0.15, 0.2) is 12.1 Å². The van der Waals surface area contributed by atoms with E-state index in [0.29, 0.717) is 10.9 Å². The van der Waals surface area contributed by atoms with Crippen LogP contribution in [0.1, 0.15) is 11.8 Å². The average Bonchev–Trinajstić information content (AvgIpc) is 2.70. The number of likely N-dealkylation sites (N-methyl/N-ethyl adjacent to an activating group) is 1. The molecular formula is C11H14ClNO4S. The van der Waals surface area contributed by atoms with Crippen molar-refractivity contribution in [3.05, 3.63) is 21.3 Å². The first-order chi connectivity index (χ1) is 8.40. The molecule has 1 rings (SSSR count). The van der Waals surface area contributed by atoms with Gasteiger partial charge in [0.2, 0.25) is 5.91 Å². The van der Waals surface area contributed by atoms with Crippen LogP contribution in [-0.2, 0) is 20.9 Å². The van der Waals surface area contributed by atoms with Gasteiger partial charge in [-0.15, -0.1) is 11.3 Å². The van der Waals surface area contributed by atoms with E-state index in [0.717, 1.165) is 4.88 Å². The number of hydrogen-bond donors (Lipinski definition) is 1. The number of halogens is 1. The molecule has 1 heterocycles. The van der Waals surface area contributed by atoms with Crippen molar-refractivity contribution in [2.24, 2.45) is 0 Å². The number of carbonyl (C=O) groups excluding carboxylic acids is 1. The molecule has 100 valence electrons. The zero-order valence-corrected chi connectivity index (χ0v) is 11.6. The zero-order chi connectivity index (χ0) is 13.7. The number of carboxylic acids is 1. The Balaban J connectivity index is 2.39. The lowest BCUT2D eigenvalue weighted by Gasteiger charge is -2.17. The van der Waals surface area contributed by atoms with E-state index >= 15 is 0 Å². The maximum absolute atomic E-state index is 11.7. The summed E-state index contributed by atoms with van der Waals surface area (Å²) in [6.07, 6.45) is -0.987. The van der Waals surface area contributed by atoms with Gasteiger partial charge in [0, 0.05) is 11.9 Å². The monoisotopic (exact) mass is 291 g/mol. The summed E-state index contributed by atoms with van der Waals surface area (Å²) < 4.78 is 5.58. The molecule has 5 nitrogen and oxygen atoms in total. The molecular weight excluding hydrogens is 278 g/mol. The number of nitrogens with zero attached hydrogens (tertiary/aromatic N) is 1. The minimum absolute atomic E-state index is 0.247. The van der Waals surface area contributed by atoms with Crippen molar-refractivity contribution in [1.82, 2.24) is 4.90 Å². The predicted molar refractivity (Wildman–Crippen MR) is 68.9 cm³/mol. The number of carboxylic acid groups (broad SMARTS) is 1. The van der Waals surface area contributed by atoms with Crippen molar-refractivity contribution < 1.29 is 19.4 Å². The van der Waals surface area contributed by atoms with Gasteiger partial charge in [-0.2, -0.15) is 0 Å². The van der Waals surface area contributed by atoms with Gasteiger partial charge in [-0.05, 0) is 19.1 Å². The molecule has 1 N–H and O–H groups in total. The fraction of sp³-hybridized carbons (Fsp3) is 0.455. The SMILES string of the molecule is CC(OCC(=O)N(C)Cc1ccc(Cl)s1)C(=O)O. The van der Waals surface area contributed by atoms with Gasteiger partial charge in [-0.25, -0.2) is 4.79 Å². The Bertz CT molecular complexity index is 434. The number of carbonyl (C=O) groups is 2. The molecule has 7 heteroatoms. The van der Waals surface area contributed by atoms with Crippen LogP contribution in [0.25, 0.3) is 0 Å². The van der Waals surface area contributed by atoms with Gasteiger partial charge in [-0.1, -0.05) is 11.6 Å². The fourth-order valence-electron chi connectivity index (χ4n) is 1.14. The van der Waals surface area contributed by atoms with Crippen molar-refractivity contribution in [2.75, 3.05) is 13.7 Å². The molecule has 0 bridgehead atoms. The van der Waals surface area contributed by atoms with Crippen LogP contribution in [0.3, 0.4) is 0 Å². The second kappa shape index (κ2) is 6.72. The molecule has 1 unspecified atom stereocenters. The highest BCUT2D eigenvalue weighted by Gasteiger charge is 2.16. The van der Waals surface area contributed by atoms with Crippen molar-refractivity contribution in [3.63, 3.8) is 0 Å². The van der Waals surface area contributed by atoms with Crippen LogP contribution in [0.2, 0.25) is 4.34 Å². The molecule has 1 atom stereocenters. The zero-order valence-electron chi connectivity index (χ0n) is 10.1. The molecule has 0 radical (unpaired) electrons. The lowest BCUT2D eigenvalue weighted by Crippen LogP contribution is -2.32. The third kappa shape index (κ3) is 4.64. The molecule has 0 aliphatic carbocycles. The largest absolute Gasteiger partial charge is 0.479 e. The van der Waals surface area contributed by atoms with E-state index in [1.165, 1.54) is 23.2 Å². The third-order valence-corrected chi connectivity index (χ3v) is 3.47. The first-order valence-corrected chi connectivity index (χ1v) is 6.42. The molecule has 0 spiro atoms. The summed E-state index contributed by atoms with van der Waals surface area (Å²) in [5.41, 5.74) is 0. The maximum atomic E-state index is 11.7. The Morgan fingerprint density at radius 2 is 2.22 bits per heavy atom. The van der Waals surface area contributed by atoms with Crippen LogP contribution < -0.4 is 0 Å². The van der Waals surface area contributed by atoms with E-state index in [-0.39, 0.29) is 12.5 Å². The third-order valence-electron chi connectivity index (χ3n) is 2.25. The molecule has 0 aromatic carbocycles. The molecule has 0 aliphatic rings. The van der Waals surface area contributed by atoms with Crippen LogP contribution in [0.4, 0.5) is 0 Å². The molecule has 0 fully saturated rings. The van der Waals surface area contributed by atoms with E-state index in [1.807, 2.05) is 6.07 Å². The second-order valence-electron chi connectivity index (χ2n) is 3.75. The number of thiophene rings is 1. The average molecular weight is 292 g/mol. The summed E-state index contributed by atoms with van der Waals surface area (Å²) in [5, 5.41) is 8.61. The summed E-state index contributed by atoms with van der Waals surface area (Å²) in [5.74, 6) is -1.36. The number of ether oxygens (including phenoxy) is 1. The minimum atomic E-state index is -1.09. The summed E-state index contributed by atoms with van der Waals surface area (Å²) in [6, 6.07) is 3.61. The summed E-state index contributed by atoms with van der Waals surface area (Å²) in [7, 11) is 1.63. The van der Waals surface area contributed by atoms with Crippen molar-refractivity contribution in [3.8, 4) is 0 Å². The second-order valence-corrected chi connectivity index (χ2v) is 5.55. The summed E-state index contributed by atoms with van der Waals surface area (Å²) in [4.78, 5) is 24.6. The van der Waals surface area contributed by atoms with Crippen molar-refractivity contribution in [1.29, 1.82) is 0 Å². The van der Waals surface area contributed by atoms with Gasteiger partial charge in [-0.3, -0.25) is 4.79 Å². The van der Waals surface area contributed by atoms with Gasteiger partial charge in [0.05, 0.1) is 10.9 Å². The fourth-order valence-corrected chi connectivity index (χ4v) is 2.28. The van der Waals surface area contributed by atoms with E-state index in [1.54, 1.807) is 13.1 Å². The highest BCUT2D eigenvalue weighted by molar-refractivity contribution is 7.16. The van der Waals surface area contributed by atoms with Crippen LogP contribution in [0.5, 0.6) is 0 Å². The molecule has 1 amide bonds. The normalized spacial score (nSPS) is 12.2. The number of hydrogen-bond acceptors (Lipinski definition) is 4. The topological polar surface area (TPSA) is 66.8 Å². The molecule has 18 heavy (non-hydrogen) atoms. The number of amides is 1. The van der Waals surface area contributed by atoms with Gasteiger partial charge in [0.25, 0.3) is 0 Å². The lowest BCUT2D eigenvalue weighted by molar-refractivity contribution is -0.152. The number of aliphatic carboxylic acids is 1.